The molecule has 1 aromatic heterocycles. The number of esters is 1. The highest BCUT2D eigenvalue weighted by Crippen LogP contribution is 2.28. The van der Waals surface area contributed by atoms with Gasteiger partial charge in [-0.3, -0.25) is 0 Å². The molecule has 0 spiro atoms. The van der Waals surface area contributed by atoms with Crippen LogP contribution in [-0.4, -0.2) is 28.8 Å². The Morgan fingerprint density at radius 3 is 2.36 bits per heavy atom. The fourth-order valence-electron chi connectivity index (χ4n) is 3.84. The number of carbonyl (C=O) groups is 2. The SMILES string of the molecule is CCOC(=O)C(Cc1c(COc2ccc(Cl)cc2)n(C)c2ccccc12)=NOC(=O)c1ccccc1. The van der Waals surface area contributed by atoms with Crippen LogP contribution in [-0.2, 0) is 34.4 Å². The number of rotatable bonds is 9. The molecule has 0 fully saturated rings. The molecule has 0 atom stereocenters. The molecule has 36 heavy (non-hydrogen) atoms. The molecule has 4 rings (SSSR count). The lowest BCUT2D eigenvalue weighted by atomic mass is 10.0. The second kappa shape index (κ2) is 11.6. The molecule has 4 aromatic rings. The second-order valence-electron chi connectivity index (χ2n) is 7.92. The lowest BCUT2D eigenvalue weighted by molar-refractivity contribution is -0.135. The van der Waals surface area contributed by atoms with Crippen molar-refractivity contribution in [1.82, 2.24) is 4.57 Å². The van der Waals surface area contributed by atoms with E-state index in [1.807, 2.05) is 35.9 Å². The van der Waals surface area contributed by atoms with Crippen molar-refractivity contribution < 1.29 is 23.9 Å². The van der Waals surface area contributed by atoms with Gasteiger partial charge in [0.05, 0.1) is 17.9 Å². The number of aryl methyl sites for hydroxylation is 1. The fourth-order valence-corrected chi connectivity index (χ4v) is 3.96. The third-order valence-corrected chi connectivity index (χ3v) is 5.89. The van der Waals surface area contributed by atoms with Crippen molar-refractivity contribution in [1.29, 1.82) is 0 Å². The van der Waals surface area contributed by atoms with Crippen LogP contribution in [0.1, 0.15) is 28.5 Å². The molecular formula is C28H25ClN2O5. The first-order valence-corrected chi connectivity index (χ1v) is 11.8. The summed E-state index contributed by atoms with van der Waals surface area (Å²) in [6.07, 6.45) is 0.0849. The Morgan fingerprint density at radius 2 is 1.64 bits per heavy atom. The van der Waals surface area contributed by atoms with Crippen molar-refractivity contribution in [2.24, 2.45) is 12.2 Å². The van der Waals surface area contributed by atoms with Crippen molar-refractivity contribution in [3.05, 3.63) is 101 Å². The Kier molecular flexibility index (Phi) is 8.02. The third-order valence-electron chi connectivity index (χ3n) is 5.64. The lowest BCUT2D eigenvalue weighted by Crippen LogP contribution is -2.22. The molecule has 0 aliphatic heterocycles. The van der Waals surface area contributed by atoms with Crippen molar-refractivity contribution in [2.45, 2.75) is 20.0 Å². The monoisotopic (exact) mass is 504 g/mol. The molecule has 0 N–H and O–H groups in total. The topological polar surface area (TPSA) is 79.1 Å². The maximum Gasteiger partial charge on any atom is 0.365 e. The van der Waals surface area contributed by atoms with Gasteiger partial charge in [0.1, 0.15) is 12.4 Å². The Hall–Kier alpha value is -4.10. The van der Waals surface area contributed by atoms with Crippen molar-refractivity contribution >= 4 is 40.2 Å². The summed E-state index contributed by atoms with van der Waals surface area (Å²) < 4.78 is 13.2. The summed E-state index contributed by atoms with van der Waals surface area (Å²) in [5.41, 5.74) is 2.94. The number of nitrogens with zero attached hydrogens (tertiary/aromatic N) is 2. The van der Waals surface area contributed by atoms with E-state index in [4.69, 9.17) is 25.9 Å². The first kappa shape index (κ1) is 25.0. The molecule has 0 bridgehead atoms. The molecular weight excluding hydrogens is 480 g/mol. The highest BCUT2D eigenvalue weighted by molar-refractivity contribution is 6.37. The molecule has 7 nitrogen and oxygen atoms in total. The lowest BCUT2D eigenvalue weighted by Gasteiger charge is -2.11. The van der Waals surface area contributed by atoms with Crippen LogP contribution in [0.4, 0.5) is 0 Å². The van der Waals surface area contributed by atoms with Gasteiger partial charge in [-0.15, -0.1) is 0 Å². The van der Waals surface area contributed by atoms with Crippen molar-refractivity contribution in [3.8, 4) is 5.75 Å². The molecule has 0 radical (unpaired) electrons. The van der Waals surface area contributed by atoms with E-state index in [1.54, 1.807) is 61.5 Å². The van der Waals surface area contributed by atoms with Crippen molar-refractivity contribution in [3.63, 3.8) is 0 Å². The predicted molar refractivity (Wildman–Crippen MR) is 138 cm³/mol. The highest BCUT2D eigenvalue weighted by Gasteiger charge is 2.23. The Bertz CT molecular complexity index is 1390. The molecule has 0 unspecified atom stereocenters. The van der Waals surface area contributed by atoms with E-state index in [1.165, 1.54) is 0 Å². The minimum Gasteiger partial charge on any atom is -0.487 e. The number of aromatic nitrogens is 1. The first-order valence-electron chi connectivity index (χ1n) is 11.4. The number of para-hydroxylation sites is 1. The van der Waals surface area contributed by atoms with Gasteiger partial charge in [-0.1, -0.05) is 53.2 Å². The van der Waals surface area contributed by atoms with E-state index in [0.717, 1.165) is 22.2 Å². The summed E-state index contributed by atoms with van der Waals surface area (Å²) >= 11 is 5.98. The van der Waals surface area contributed by atoms with Gasteiger partial charge in [-0.05, 0) is 55.0 Å². The summed E-state index contributed by atoms with van der Waals surface area (Å²) in [6, 6.07) is 23.4. The maximum atomic E-state index is 12.8. The van der Waals surface area contributed by atoms with E-state index < -0.39 is 11.9 Å². The Balaban J connectivity index is 1.67. The van der Waals surface area contributed by atoms with E-state index >= 15 is 0 Å². The van der Waals surface area contributed by atoms with Crippen molar-refractivity contribution in [2.75, 3.05) is 6.61 Å². The van der Waals surface area contributed by atoms with E-state index in [9.17, 15) is 9.59 Å². The van der Waals surface area contributed by atoms with Crippen LogP contribution in [0.3, 0.4) is 0 Å². The number of benzene rings is 3. The number of carbonyl (C=O) groups excluding carboxylic acids is 2. The van der Waals surface area contributed by atoms with Gasteiger partial charge in [0.25, 0.3) is 0 Å². The summed E-state index contributed by atoms with van der Waals surface area (Å²) in [7, 11) is 1.93. The van der Waals surface area contributed by atoms with E-state index in [2.05, 4.69) is 5.16 Å². The highest BCUT2D eigenvalue weighted by atomic mass is 35.5. The first-order chi connectivity index (χ1) is 17.5. The quantitative estimate of drug-likeness (QED) is 0.126. The predicted octanol–water partition coefficient (Wildman–Crippen LogP) is 5.73. The standard InChI is InChI=1S/C28H25ClN2O5/c1-3-34-28(33)24(30-36-27(32)19-9-5-4-6-10-19)17-23-22-11-7-8-12-25(22)31(2)26(23)18-35-21-15-13-20(29)14-16-21/h4-16H,3,17-18H2,1-2H3. The number of oxime groups is 1. The summed E-state index contributed by atoms with van der Waals surface area (Å²) in [5, 5.41) is 5.48. The average Bonchev–Trinajstić information content (AvgIpc) is 3.17. The van der Waals surface area contributed by atoms with Gasteiger partial charge in [-0.25, -0.2) is 9.59 Å². The largest absolute Gasteiger partial charge is 0.487 e. The van der Waals surface area contributed by atoms with Crippen LogP contribution >= 0.6 is 11.6 Å². The summed E-state index contributed by atoms with van der Waals surface area (Å²) in [4.78, 5) is 30.3. The van der Waals surface area contributed by atoms with Gasteiger partial charge < -0.3 is 18.9 Å². The van der Waals surface area contributed by atoms with E-state index in [0.29, 0.717) is 16.3 Å². The summed E-state index contributed by atoms with van der Waals surface area (Å²) in [6.45, 7) is 2.10. The zero-order valence-electron chi connectivity index (χ0n) is 19.9. The molecule has 0 aliphatic rings. The number of hydrogen-bond donors (Lipinski definition) is 0. The van der Waals surface area contributed by atoms with Crippen LogP contribution in [0, 0.1) is 0 Å². The van der Waals surface area contributed by atoms with Crippen LogP contribution in [0.5, 0.6) is 5.75 Å². The smallest absolute Gasteiger partial charge is 0.365 e. The molecule has 0 saturated heterocycles. The summed E-state index contributed by atoms with van der Waals surface area (Å²) in [5.74, 6) is -0.663. The van der Waals surface area contributed by atoms with Gasteiger partial charge in [0.2, 0.25) is 0 Å². The van der Waals surface area contributed by atoms with Gasteiger partial charge in [0, 0.05) is 29.4 Å². The Morgan fingerprint density at radius 1 is 0.944 bits per heavy atom. The third kappa shape index (κ3) is 5.75. The van der Waals surface area contributed by atoms with E-state index in [-0.39, 0.29) is 25.3 Å². The number of ether oxygens (including phenoxy) is 2. The molecule has 8 heteroatoms. The molecule has 0 aliphatic carbocycles. The minimum atomic E-state index is -0.665. The molecule has 3 aromatic carbocycles. The molecule has 1 heterocycles. The van der Waals surface area contributed by atoms with Gasteiger partial charge in [-0.2, -0.15) is 0 Å². The average molecular weight is 505 g/mol. The zero-order valence-corrected chi connectivity index (χ0v) is 20.7. The van der Waals surface area contributed by atoms with Gasteiger partial charge >= 0.3 is 11.9 Å². The maximum absolute atomic E-state index is 12.8. The number of halogens is 1. The normalized spacial score (nSPS) is 11.4. The fraction of sp³-hybridized carbons (Fsp3) is 0.179. The van der Waals surface area contributed by atoms with Crippen LogP contribution < -0.4 is 4.74 Å². The second-order valence-corrected chi connectivity index (χ2v) is 8.36. The Labute approximate surface area is 213 Å². The van der Waals surface area contributed by atoms with Crippen LogP contribution in [0.25, 0.3) is 10.9 Å². The van der Waals surface area contributed by atoms with Crippen LogP contribution in [0.15, 0.2) is 84.0 Å². The van der Waals surface area contributed by atoms with Crippen LogP contribution in [0.2, 0.25) is 5.02 Å². The zero-order chi connectivity index (χ0) is 25.5. The number of hydrogen-bond acceptors (Lipinski definition) is 6. The molecule has 0 saturated carbocycles. The van der Waals surface area contributed by atoms with Gasteiger partial charge in [0.15, 0.2) is 5.71 Å². The molecule has 184 valence electrons. The number of fused-ring (bicyclic) bond motifs is 1. The minimum absolute atomic E-state index is 0.0229. The molecule has 0 amide bonds.